The summed E-state index contributed by atoms with van der Waals surface area (Å²) in [4.78, 5) is 16.9. The zero-order valence-electron chi connectivity index (χ0n) is 14.0. The highest BCUT2D eigenvalue weighted by molar-refractivity contribution is 5.72. The molecule has 0 N–H and O–H groups in total. The van der Waals surface area contributed by atoms with E-state index in [1.165, 1.54) is 58.0 Å². The molecule has 0 aromatic rings. The molecule has 4 heteroatoms. The molecule has 0 aromatic heterocycles. The Morgan fingerprint density at radius 3 is 2.41 bits per heavy atom. The second kappa shape index (κ2) is 5.40. The second-order valence-electron chi connectivity index (χ2n) is 8.37. The number of likely N-dealkylation sites (tertiary alicyclic amines) is 1. The highest BCUT2D eigenvalue weighted by Gasteiger charge is 2.58. The van der Waals surface area contributed by atoms with Crippen LogP contribution in [0.3, 0.4) is 0 Å². The van der Waals surface area contributed by atoms with Gasteiger partial charge in [-0.3, -0.25) is 4.90 Å². The van der Waals surface area contributed by atoms with Crippen molar-refractivity contribution in [2.45, 2.75) is 63.3 Å². The SMILES string of the molecule is CN1CCC(CN2C(=O)OCC23CC3)(C2CCCCC2)CC1. The van der Waals surface area contributed by atoms with Crippen molar-refractivity contribution in [1.82, 2.24) is 9.80 Å². The summed E-state index contributed by atoms with van der Waals surface area (Å²) in [6.45, 7) is 3.98. The van der Waals surface area contributed by atoms with Crippen LogP contribution in [-0.2, 0) is 4.74 Å². The van der Waals surface area contributed by atoms with Crippen molar-refractivity contribution in [3.8, 4) is 0 Å². The van der Waals surface area contributed by atoms with Gasteiger partial charge in [0.25, 0.3) is 0 Å². The Labute approximate surface area is 134 Å². The fraction of sp³-hybridized carbons (Fsp3) is 0.944. The molecule has 2 saturated heterocycles. The van der Waals surface area contributed by atoms with E-state index in [2.05, 4.69) is 16.8 Å². The lowest BCUT2D eigenvalue weighted by atomic mass is 9.63. The third kappa shape index (κ3) is 2.44. The largest absolute Gasteiger partial charge is 0.447 e. The number of amides is 1. The first-order chi connectivity index (χ1) is 10.6. The fourth-order valence-electron chi connectivity index (χ4n) is 5.13. The van der Waals surface area contributed by atoms with Crippen molar-refractivity contribution in [3.63, 3.8) is 0 Å². The monoisotopic (exact) mass is 306 g/mol. The number of cyclic esters (lactones) is 1. The Kier molecular flexibility index (Phi) is 3.63. The molecular weight excluding hydrogens is 276 g/mol. The molecule has 0 unspecified atom stereocenters. The molecule has 22 heavy (non-hydrogen) atoms. The third-order valence-corrected chi connectivity index (χ3v) is 7.01. The Hall–Kier alpha value is -0.770. The number of rotatable bonds is 3. The lowest BCUT2D eigenvalue weighted by Gasteiger charge is -2.49. The molecule has 4 nitrogen and oxygen atoms in total. The van der Waals surface area contributed by atoms with Crippen LogP contribution in [0.5, 0.6) is 0 Å². The molecule has 1 amide bonds. The van der Waals surface area contributed by atoms with E-state index in [9.17, 15) is 4.79 Å². The number of nitrogens with zero attached hydrogens (tertiary/aromatic N) is 2. The summed E-state index contributed by atoms with van der Waals surface area (Å²) >= 11 is 0. The van der Waals surface area contributed by atoms with Crippen LogP contribution in [0.15, 0.2) is 0 Å². The van der Waals surface area contributed by atoms with Gasteiger partial charge < -0.3 is 9.64 Å². The van der Waals surface area contributed by atoms with Crippen molar-refractivity contribution in [3.05, 3.63) is 0 Å². The molecule has 2 aliphatic carbocycles. The molecule has 1 spiro atoms. The predicted octanol–water partition coefficient (Wildman–Crippen LogP) is 3.26. The van der Waals surface area contributed by atoms with Gasteiger partial charge in [-0.25, -0.2) is 4.79 Å². The predicted molar refractivity (Wildman–Crippen MR) is 85.8 cm³/mol. The Morgan fingerprint density at radius 1 is 1.09 bits per heavy atom. The minimum atomic E-state index is -0.0355. The van der Waals surface area contributed by atoms with Gasteiger partial charge in [0.05, 0.1) is 5.54 Å². The summed E-state index contributed by atoms with van der Waals surface area (Å²) < 4.78 is 5.41. The van der Waals surface area contributed by atoms with E-state index < -0.39 is 0 Å². The fourth-order valence-corrected chi connectivity index (χ4v) is 5.13. The van der Waals surface area contributed by atoms with Gasteiger partial charge in [-0.05, 0) is 70.0 Å². The van der Waals surface area contributed by atoms with Crippen molar-refractivity contribution < 1.29 is 9.53 Å². The van der Waals surface area contributed by atoms with Crippen LogP contribution >= 0.6 is 0 Å². The number of ether oxygens (including phenoxy) is 1. The molecule has 0 bridgehead atoms. The van der Waals surface area contributed by atoms with E-state index in [1.807, 2.05) is 0 Å². The minimum absolute atomic E-state index is 0.0355. The van der Waals surface area contributed by atoms with Crippen molar-refractivity contribution in [2.75, 3.05) is 33.3 Å². The van der Waals surface area contributed by atoms with E-state index >= 15 is 0 Å². The number of carbonyl (C=O) groups excluding carboxylic acids is 1. The van der Waals surface area contributed by atoms with E-state index in [0.717, 1.165) is 25.3 Å². The van der Waals surface area contributed by atoms with Crippen LogP contribution < -0.4 is 0 Å². The highest BCUT2D eigenvalue weighted by atomic mass is 16.6. The van der Waals surface area contributed by atoms with Crippen molar-refractivity contribution in [1.29, 1.82) is 0 Å². The first-order valence-electron chi connectivity index (χ1n) is 9.27. The molecule has 2 heterocycles. The van der Waals surface area contributed by atoms with Gasteiger partial charge >= 0.3 is 6.09 Å². The molecule has 0 atom stereocenters. The zero-order chi connectivity index (χ0) is 15.2. The van der Waals surface area contributed by atoms with Crippen LogP contribution in [0.2, 0.25) is 0 Å². The standard InChI is InChI=1S/C18H30N2O2/c1-19-11-9-17(10-12-19,15-5-3-2-4-6-15)13-20-16(21)22-14-18(20)7-8-18/h15H,2-14H2,1H3. The van der Waals surface area contributed by atoms with Crippen LogP contribution in [0.25, 0.3) is 0 Å². The average molecular weight is 306 g/mol. The first-order valence-corrected chi connectivity index (χ1v) is 9.27. The van der Waals surface area contributed by atoms with Gasteiger partial charge in [0.15, 0.2) is 0 Å². The number of carbonyl (C=O) groups is 1. The smallest absolute Gasteiger partial charge is 0.410 e. The normalized spacial score (nSPS) is 31.5. The van der Waals surface area contributed by atoms with Gasteiger partial charge in [-0.15, -0.1) is 0 Å². The summed E-state index contributed by atoms with van der Waals surface area (Å²) in [6, 6.07) is 0. The van der Waals surface area contributed by atoms with Crippen LogP contribution in [0.1, 0.15) is 57.8 Å². The van der Waals surface area contributed by atoms with Gasteiger partial charge in [0.1, 0.15) is 6.61 Å². The summed E-state index contributed by atoms with van der Waals surface area (Å²) in [5.74, 6) is 0.819. The first kappa shape index (κ1) is 14.8. The number of hydrogen-bond donors (Lipinski definition) is 0. The second-order valence-corrected chi connectivity index (χ2v) is 8.37. The molecular formula is C18H30N2O2. The topological polar surface area (TPSA) is 32.8 Å². The molecule has 0 radical (unpaired) electrons. The lowest BCUT2D eigenvalue weighted by Crippen LogP contribution is -2.52. The molecule has 4 rings (SSSR count). The molecule has 2 aliphatic heterocycles. The Bertz CT molecular complexity index is 432. The average Bonchev–Trinajstić information content (AvgIpc) is 3.28. The minimum Gasteiger partial charge on any atom is -0.447 e. The van der Waals surface area contributed by atoms with E-state index in [4.69, 9.17) is 4.74 Å². The van der Waals surface area contributed by atoms with Gasteiger partial charge in [-0.2, -0.15) is 0 Å². The summed E-state index contributed by atoms with van der Waals surface area (Å²) in [5.41, 5.74) is 0.452. The van der Waals surface area contributed by atoms with Gasteiger partial charge in [-0.1, -0.05) is 19.3 Å². The maximum atomic E-state index is 12.3. The quantitative estimate of drug-likeness (QED) is 0.802. The van der Waals surface area contributed by atoms with Gasteiger partial charge in [0, 0.05) is 6.54 Å². The van der Waals surface area contributed by atoms with Crippen LogP contribution in [0.4, 0.5) is 4.79 Å². The van der Waals surface area contributed by atoms with E-state index in [-0.39, 0.29) is 11.6 Å². The molecule has 4 aliphatic rings. The maximum Gasteiger partial charge on any atom is 0.410 e. The summed E-state index contributed by atoms with van der Waals surface area (Å²) in [6.07, 6.45) is 11.7. The van der Waals surface area contributed by atoms with E-state index in [0.29, 0.717) is 12.0 Å². The molecule has 0 aromatic carbocycles. The molecule has 124 valence electrons. The summed E-state index contributed by atoms with van der Waals surface area (Å²) in [5, 5.41) is 0. The maximum absolute atomic E-state index is 12.3. The molecule has 2 saturated carbocycles. The zero-order valence-corrected chi connectivity index (χ0v) is 14.0. The number of hydrogen-bond acceptors (Lipinski definition) is 3. The summed E-state index contributed by atoms with van der Waals surface area (Å²) in [7, 11) is 2.23. The van der Waals surface area contributed by atoms with Crippen molar-refractivity contribution >= 4 is 6.09 Å². The lowest BCUT2D eigenvalue weighted by molar-refractivity contribution is 0.00732. The van der Waals surface area contributed by atoms with Crippen LogP contribution in [0, 0.1) is 11.3 Å². The number of piperidine rings is 1. The van der Waals surface area contributed by atoms with E-state index in [1.54, 1.807) is 0 Å². The molecule has 4 fully saturated rings. The Balaban J connectivity index is 1.55. The highest BCUT2D eigenvalue weighted by Crippen LogP contribution is 2.52. The Morgan fingerprint density at radius 2 is 1.77 bits per heavy atom. The third-order valence-electron chi connectivity index (χ3n) is 7.01. The van der Waals surface area contributed by atoms with Crippen molar-refractivity contribution in [2.24, 2.45) is 11.3 Å². The van der Waals surface area contributed by atoms with Crippen LogP contribution in [-0.4, -0.2) is 54.7 Å². The van der Waals surface area contributed by atoms with Gasteiger partial charge in [0.2, 0.25) is 0 Å².